The van der Waals surface area contributed by atoms with E-state index in [1.807, 2.05) is 18.2 Å². The van der Waals surface area contributed by atoms with Crippen molar-refractivity contribution in [2.75, 3.05) is 6.61 Å². The summed E-state index contributed by atoms with van der Waals surface area (Å²) in [5.41, 5.74) is 1.77. The Morgan fingerprint density at radius 3 is 2.04 bits per heavy atom. The van der Waals surface area contributed by atoms with E-state index in [2.05, 4.69) is 72.8 Å². The van der Waals surface area contributed by atoms with E-state index in [0.717, 1.165) is 10.6 Å². The third kappa shape index (κ3) is 3.19. The molecule has 1 atom stereocenters. The second-order valence-corrected chi connectivity index (χ2v) is 8.63. The van der Waals surface area contributed by atoms with E-state index in [4.69, 9.17) is 16.3 Å². The van der Waals surface area contributed by atoms with Crippen LogP contribution in [-0.2, 0) is 10.3 Å². The van der Waals surface area contributed by atoms with Crippen LogP contribution in [0.25, 0.3) is 0 Å². The quantitative estimate of drug-likeness (QED) is 0.573. The molecule has 4 rings (SSSR count). The van der Waals surface area contributed by atoms with Crippen molar-refractivity contribution in [3.63, 3.8) is 0 Å². The summed E-state index contributed by atoms with van der Waals surface area (Å²) in [5.74, 6) is 0. The third-order valence-electron chi connectivity index (χ3n) is 4.32. The van der Waals surface area contributed by atoms with Crippen LogP contribution in [0, 0.1) is 0 Å². The van der Waals surface area contributed by atoms with Gasteiger partial charge in [-0.3, -0.25) is 0 Å². The van der Waals surface area contributed by atoms with Crippen LogP contribution in [0.3, 0.4) is 0 Å². The SMILES string of the molecule is Clc1ccc(C2(c3ccccc3)OCC=C2[Se]c2ccccc2)cc1. The van der Waals surface area contributed by atoms with E-state index in [9.17, 15) is 0 Å². The summed E-state index contributed by atoms with van der Waals surface area (Å²) in [4.78, 5) is 0. The van der Waals surface area contributed by atoms with Gasteiger partial charge in [0, 0.05) is 0 Å². The van der Waals surface area contributed by atoms with Gasteiger partial charge in [0.15, 0.2) is 0 Å². The van der Waals surface area contributed by atoms with Crippen LogP contribution in [0.2, 0.25) is 5.02 Å². The van der Waals surface area contributed by atoms with Gasteiger partial charge in [0.05, 0.1) is 0 Å². The Labute approximate surface area is 159 Å². The van der Waals surface area contributed by atoms with Crippen LogP contribution in [0.5, 0.6) is 0 Å². The van der Waals surface area contributed by atoms with E-state index in [1.165, 1.54) is 14.5 Å². The second kappa shape index (κ2) is 7.19. The predicted octanol–water partition coefficient (Wildman–Crippen LogP) is 4.53. The minimum atomic E-state index is -0.526. The van der Waals surface area contributed by atoms with Crippen molar-refractivity contribution >= 4 is 31.0 Å². The van der Waals surface area contributed by atoms with E-state index in [0.29, 0.717) is 6.61 Å². The molecule has 1 aliphatic heterocycles. The normalized spacial score (nSPS) is 19.6. The van der Waals surface area contributed by atoms with Gasteiger partial charge in [-0.05, 0) is 0 Å². The Morgan fingerprint density at radius 2 is 1.36 bits per heavy atom. The van der Waals surface area contributed by atoms with Crippen molar-refractivity contribution < 1.29 is 4.74 Å². The molecule has 25 heavy (non-hydrogen) atoms. The van der Waals surface area contributed by atoms with Gasteiger partial charge in [-0.1, -0.05) is 0 Å². The van der Waals surface area contributed by atoms with Crippen LogP contribution < -0.4 is 4.46 Å². The fourth-order valence-electron chi connectivity index (χ4n) is 3.16. The molecule has 0 bridgehead atoms. The van der Waals surface area contributed by atoms with Gasteiger partial charge in [-0.25, -0.2) is 0 Å². The summed E-state index contributed by atoms with van der Waals surface area (Å²) in [7, 11) is 0. The molecule has 0 radical (unpaired) electrons. The molecule has 124 valence electrons. The van der Waals surface area contributed by atoms with Crippen molar-refractivity contribution in [3.8, 4) is 0 Å². The molecule has 0 spiro atoms. The average Bonchev–Trinajstić information content (AvgIpc) is 3.08. The van der Waals surface area contributed by atoms with Crippen molar-refractivity contribution in [1.29, 1.82) is 0 Å². The van der Waals surface area contributed by atoms with Crippen molar-refractivity contribution in [3.05, 3.63) is 112 Å². The molecular formula is C22H17ClOSe. The summed E-state index contributed by atoms with van der Waals surface area (Å²) in [6, 6.07) is 29.2. The Bertz CT molecular complexity index is 875. The standard InChI is InChI=1S/C22H17ClOSe/c23-19-13-11-18(12-14-19)22(17-7-3-1-4-8-17)21(15-16-24-22)25-20-9-5-2-6-10-20/h1-15H,16H2. The molecule has 0 amide bonds. The van der Waals surface area contributed by atoms with Crippen molar-refractivity contribution in [2.45, 2.75) is 5.60 Å². The molecule has 3 aromatic carbocycles. The number of halogens is 1. The average molecular weight is 412 g/mol. The first-order chi connectivity index (χ1) is 12.3. The van der Waals surface area contributed by atoms with Crippen LogP contribution in [0.4, 0.5) is 0 Å². The van der Waals surface area contributed by atoms with E-state index < -0.39 is 5.60 Å². The van der Waals surface area contributed by atoms with Gasteiger partial charge in [-0.15, -0.1) is 0 Å². The fraction of sp³-hybridized carbons (Fsp3) is 0.0909. The maximum atomic E-state index is 6.42. The predicted molar refractivity (Wildman–Crippen MR) is 105 cm³/mol. The molecule has 1 unspecified atom stereocenters. The zero-order valence-corrected chi connectivity index (χ0v) is 16.0. The van der Waals surface area contributed by atoms with Crippen molar-refractivity contribution in [1.82, 2.24) is 0 Å². The first-order valence-electron chi connectivity index (χ1n) is 8.18. The zero-order chi connectivity index (χ0) is 17.1. The molecule has 0 fully saturated rings. The van der Waals surface area contributed by atoms with Crippen LogP contribution in [0.1, 0.15) is 11.1 Å². The summed E-state index contributed by atoms with van der Waals surface area (Å²) < 4.78 is 9.10. The van der Waals surface area contributed by atoms with Gasteiger partial charge in [-0.2, -0.15) is 0 Å². The Balaban J connectivity index is 1.83. The molecule has 1 heterocycles. The monoisotopic (exact) mass is 412 g/mol. The van der Waals surface area contributed by atoms with Crippen molar-refractivity contribution in [2.24, 2.45) is 0 Å². The Hall–Kier alpha value is -1.83. The van der Waals surface area contributed by atoms with Gasteiger partial charge < -0.3 is 0 Å². The Morgan fingerprint density at radius 1 is 0.760 bits per heavy atom. The molecular weight excluding hydrogens is 395 g/mol. The number of hydrogen-bond acceptors (Lipinski definition) is 1. The third-order valence-corrected chi connectivity index (χ3v) is 7.05. The maximum absolute atomic E-state index is 6.42. The van der Waals surface area contributed by atoms with Gasteiger partial charge in [0.25, 0.3) is 0 Å². The molecule has 3 aromatic rings. The topological polar surface area (TPSA) is 9.23 Å². The second-order valence-electron chi connectivity index (χ2n) is 5.85. The van der Waals surface area contributed by atoms with E-state index in [-0.39, 0.29) is 15.0 Å². The molecule has 0 aliphatic carbocycles. The molecule has 3 heteroatoms. The van der Waals surface area contributed by atoms with Gasteiger partial charge >= 0.3 is 160 Å². The summed E-state index contributed by atoms with van der Waals surface area (Å²) in [5, 5.41) is 0.740. The molecule has 1 nitrogen and oxygen atoms in total. The van der Waals surface area contributed by atoms with Gasteiger partial charge in [0.1, 0.15) is 0 Å². The molecule has 0 saturated carbocycles. The van der Waals surface area contributed by atoms with Gasteiger partial charge in [0.2, 0.25) is 0 Å². The summed E-state index contributed by atoms with van der Waals surface area (Å²) >= 11 is 6.31. The van der Waals surface area contributed by atoms with E-state index >= 15 is 0 Å². The zero-order valence-electron chi connectivity index (χ0n) is 13.6. The van der Waals surface area contributed by atoms with E-state index in [1.54, 1.807) is 0 Å². The number of hydrogen-bond donors (Lipinski definition) is 0. The number of ether oxygens (including phenoxy) is 1. The number of rotatable bonds is 4. The summed E-state index contributed by atoms with van der Waals surface area (Å²) in [6.07, 6.45) is 2.24. The van der Waals surface area contributed by atoms with Crippen LogP contribution in [0.15, 0.2) is 95.5 Å². The molecule has 0 N–H and O–H groups in total. The molecule has 0 saturated heterocycles. The first kappa shape index (κ1) is 16.6. The molecule has 1 aliphatic rings. The molecule has 0 aromatic heterocycles. The minimum absolute atomic E-state index is 0.188. The van der Waals surface area contributed by atoms with Crippen LogP contribution in [-0.4, -0.2) is 21.6 Å². The number of benzene rings is 3. The fourth-order valence-corrected chi connectivity index (χ4v) is 5.67. The first-order valence-corrected chi connectivity index (χ1v) is 10.3. The van der Waals surface area contributed by atoms with Crippen LogP contribution >= 0.6 is 11.6 Å². The summed E-state index contributed by atoms with van der Waals surface area (Å²) in [6.45, 7) is 0.626. The Kier molecular flexibility index (Phi) is 4.78.